The van der Waals surface area contributed by atoms with Gasteiger partial charge in [0, 0.05) is 41.1 Å². The Morgan fingerprint density at radius 1 is 1.06 bits per heavy atom. The number of carbonyl (C=O) groups is 2. The number of Topliss-reactive ketones (excluding diaryl/α,β-unsaturated/α-hetero) is 1. The van der Waals surface area contributed by atoms with Crippen molar-refractivity contribution < 1.29 is 23.8 Å². The molecule has 6 nitrogen and oxygen atoms in total. The predicted molar refractivity (Wildman–Crippen MR) is 130 cm³/mol. The minimum absolute atomic E-state index is 0.000650. The van der Waals surface area contributed by atoms with Gasteiger partial charge in [-0.2, -0.15) is 0 Å². The van der Waals surface area contributed by atoms with Crippen molar-refractivity contribution in [1.29, 1.82) is 0 Å². The fraction of sp³-hybridized carbons (Fsp3) is 0.333. The monoisotopic (exact) mass is 481 g/mol. The van der Waals surface area contributed by atoms with Crippen molar-refractivity contribution in [3.8, 4) is 5.75 Å². The highest BCUT2D eigenvalue weighted by molar-refractivity contribution is 6.30. The van der Waals surface area contributed by atoms with Crippen LogP contribution in [0.1, 0.15) is 42.7 Å². The van der Waals surface area contributed by atoms with Crippen molar-refractivity contribution in [3.05, 3.63) is 87.2 Å². The maximum atomic E-state index is 13.6. The zero-order valence-electron chi connectivity index (χ0n) is 19.5. The van der Waals surface area contributed by atoms with Gasteiger partial charge in [-0.1, -0.05) is 41.9 Å². The van der Waals surface area contributed by atoms with Gasteiger partial charge in [0.1, 0.15) is 12.4 Å². The third-order valence-electron chi connectivity index (χ3n) is 6.36. The van der Waals surface area contributed by atoms with Gasteiger partial charge in [-0.25, -0.2) is 4.79 Å². The first-order valence-electron chi connectivity index (χ1n) is 11.2. The first-order valence-corrected chi connectivity index (χ1v) is 11.6. The van der Waals surface area contributed by atoms with Crippen LogP contribution in [0.25, 0.3) is 0 Å². The Morgan fingerprint density at radius 2 is 1.79 bits per heavy atom. The molecule has 0 fully saturated rings. The number of hydrogen-bond acceptors (Lipinski definition) is 6. The molecule has 2 aromatic rings. The number of nitrogens with one attached hydrogen (secondary N) is 1. The number of benzene rings is 2. The molecule has 178 valence electrons. The molecular weight excluding hydrogens is 454 g/mol. The van der Waals surface area contributed by atoms with Crippen molar-refractivity contribution in [2.24, 2.45) is 0 Å². The lowest BCUT2D eigenvalue weighted by molar-refractivity contribution is -0.140. The molecular formula is C27H28ClNO5. The van der Waals surface area contributed by atoms with Crippen LogP contribution in [0.2, 0.25) is 5.02 Å². The van der Waals surface area contributed by atoms with E-state index in [1.54, 1.807) is 14.2 Å². The van der Waals surface area contributed by atoms with Crippen LogP contribution in [-0.2, 0) is 19.1 Å². The maximum absolute atomic E-state index is 13.6. The molecule has 0 aromatic heterocycles. The molecule has 1 N–H and O–H groups in total. The Labute approximate surface area is 204 Å². The van der Waals surface area contributed by atoms with E-state index in [0.717, 1.165) is 16.8 Å². The number of rotatable bonds is 7. The summed E-state index contributed by atoms with van der Waals surface area (Å²) >= 11 is 6.06. The molecule has 2 aliphatic rings. The van der Waals surface area contributed by atoms with E-state index >= 15 is 0 Å². The van der Waals surface area contributed by atoms with Gasteiger partial charge in [0.15, 0.2) is 5.78 Å². The minimum Gasteiger partial charge on any atom is -0.496 e. The maximum Gasteiger partial charge on any atom is 0.336 e. The topological polar surface area (TPSA) is 73.9 Å². The fourth-order valence-electron chi connectivity index (χ4n) is 4.79. The largest absolute Gasteiger partial charge is 0.496 e. The summed E-state index contributed by atoms with van der Waals surface area (Å²) in [4.78, 5) is 26.8. The SMILES string of the molecule is COCCOC(=O)C1=C(C)NC2=C(C(=O)C[C@@H](c3ccc(Cl)cc3)C2)[C@H]1c1ccccc1OC. The number of esters is 1. The number of methoxy groups -OCH3 is 2. The van der Waals surface area contributed by atoms with Crippen LogP contribution in [-0.4, -0.2) is 39.2 Å². The van der Waals surface area contributed by atoms with Gasteiger partial charge >= 0.3 is 5.97 Å². The molecule has 1 heterocycles. The summed E-state index contributed by atoms with van der Waals surface area (Å²) in [7, 11) is 3.13. The van der Waals surface area contributed by atoms with Gasteiger partial charge < -0.3 is 19.5 Å². The third kappa shape index (κ3) is 4.74. The lowest BCUT2D eigenvalue weighted by Gasteiger charge is -2.37. The smallest absolute Gasteiger partial charge is 0.336 e. The van der Waals surface area contributed by atoms with Gasteiger partial charge in [0.2, 0.25) is 0 Å². The van der Waals surface area contributed by atoms with Crippen LogP contribution in [0.15, 0.2) is 71.1 Å². The first-order chi connectivity index (χ1) is 16.4. The normalized spacial score (nSPS) is 20.1. The average Bonchev–Trinajstić information content (AvgIpc) is 2.83. The van der Waals surface area contributed by atoms with Crippen molar-refractivity contribution in [1.82, 2.24) is 5.32 Å². The Bertz CT molecular complexity index is 1150. The standard InChI is InChI=1S/C27H28ClNO5/c1-16-24(27(31)34-13-12-32-2)25(20-6-4-5-7-23(20)33-3)26-21(29-16)14-18(15-22(26)30)17-8-10-19(28)11-9-17/h4-11,18,25,29H,12-15H2,1-3H3/t18-,25-/m0/s1. The Morgan fingerprint density at radius 3 is 2.50 bits per heavy atom. The molecule has 0 radical (unpaired) electrons. The molecule has 0 unspecified atom stereocenters. The van der Waals surface area contributed by atoms with Crippen molar-refractivity contribution in [3.63, 3.8) is 0 Å². The number of dihydropyridines is 1. The molecule has 0 bridgehead atoms. The second-order valence-corrected chi connectivity index (χ2v) is 8.88. The molecule has 34 heavy (non-hydrogen) atoms. The molecule has 0 amide bonds. The molecule has 0 spiro atoms. The van der Waals surface area contributed by atoms with E-state index in [-0.39, 0.29) is 18.3 Å². The highest BCUT2D eigenvalue weighted by Crippen LogP contribution is 2.47. The molecule has 1 aliphatic heterocycles. The van der Waals surface area contributed by atoms with Crippen LogP contribution in [0.4, 0.5) is 0 Å². The zero-order valence-corrected chi connectivity index (χ0v) is 20.3. The van der Waals surface area contributed by atoms with Crippen molar-refractivity contribution in [2.75, 3.05) is 27.4 Å². The molecule has 0 saturated heterocycles. The van der Waals surface area contributed by atoms with Crippen molar-refractivity contribution >= 4 is 23.4 Å². The van der Waals surface area contributed by atoms with Gasteiger partial charge in [-0.05, 0) is 43.0 Å². The van der Waals surface area contributed by atoms with Gasteiger partial charge in [0.25, 0.3) is 0 Å². The number of hydrogen-bond donors (Lipinski definition) is 1. The van der Waals surface area contributed by atoms with E-state index in [4.69, 9.17) is 25.8 Å². The molecule has 4 rings (SSSR count). The number of halogens is 1. The number of allylic oxidation sites excluding steroid dienone is 3. The van der Waals surface area contributed by atoms with Gasteiger partial charge in [-0.15, -0.1) is 0 Å². The fourth-order valence-corrected chi connectivity index (χ4v) is 4.92. The van der Waals surface area contributed by atoms with Crippen LogP contribution >= 0.6 is 11.6 Å². The van der Waals surface area contributed by atoms with Gasteiger partial charge in [0.05, 0.1) is 25.2 Å². The van der Waals surface area contributed by atoms with E-state index in [2.05, 4.69) is 5.32 Å². The summed E-state index contributed by atoms with van der Waals surface area (Å²) < 4.78 is 16.1. The average molecular weight is 482 g/mol. The van der Waals surface area contributed by atoms with Crippen LogP contribution in [0.5, 0.6) is 5.75 Å². The summed E-state index contributed by atoms with van der Waals surface area (Å²) in [6.07, 6.45) is 0.997. The Hall–Kier alpha value is -3.09. The summed E-state index contributed by atoms with van der Waals surface area (Å²) in [6, 6.07) is 15.1. The number of carbonyl (C=O) groups excluding carboxylic acids is 2. The number of para-hydroxylation sites is 1. The highest BCUT2D eigenvalue weighted by atomic mass is 35.5. The van der Waals surface area contributed by atoms with E-state index in [1.165, 1.54) is 0 Å². The third-order valence-corrected chi connectivity index (χ3v) is 6.61. The van der Waals surface area contributed by atoms with Gasteiger partial charge in [-0.3, -0.25) is 4.79 Å². The summed E-state index contributed by atoms with van der Waals surface area (Å²) in [5.41, 5.74) is 4.33. The molecule has 2 aromatic carbocycles. The quantitative estimate of drug-likeness (QED) is 0.448. The van der Waals surface area contributed by atoms with Crippen molar-refractivity contribution in [2.45, 2.75) is 31.6 Å². The Balaban J connectivity index is 1.78. The van der Waals surface area contributed by atoms with E-state index < -0.39 is 11.9 Å². The summed E-state index contributed by atoms with van der Waals surface area (Å²) in [5, 5.41) is 4.02. The van der Waals surface area contributed by atoms with E-state index in [1.807, 2.05) is 55.5 Å². The van der Waals surface area contributed by atoms with E-state index in [9.17, 15) is 9.59 Å². The first kappa shape index (κ1) is 24.0. The second kappa shape index (κ2) is 10.5. The lowest BCUT2D eigenvalue weighted by atomic mass is 9.71. The Kier molecular flexibility index (Phi) is 7.39. The van der Waals surface area contributed by atoms with Crippen LogP contribution in [0.3, 0.4) is 0 Å². The summed E-state index contributed by atoms with van der Waals surface area (Å²) in [5.74, 6) is -0.418. The summed E-state index contributed by atoms with van der Waals surface area (Å²) in [6.45, 7) is 2.26. The lowest BCUT2D eigenvalue weighted by Crippen LogP contribution is -2.36. The number of ether oxygens (including phenoxy) is 3. The molecule has 0 saturated carbocycles. The zero-order chi connectivity index (χ0) is 24.2. The number of ketones is 1. The second-order valence-electron chi connectivity index (χ2n) is 8.44. The van der Waals surface area contributed by atoms with Crippen LogP contribution in [0, 0.1) is 0 Å². The van der Waals surface area contributed by atoms with Crippen LogP contribution < -0.4 is 10.1 Å². The molecule has 1 aliphatic carbocycles. The predicted octanol–water partition coefficient (Wildman–Crippen LogP) is 4.90. The minimum atomic E-state index is -0.582. The highest BCUT2D eigenvalue weighted by Gasteiger charge is 2.42. The molecule has 7 heteroatoms. The molecule has 2 atom stereocenters. The van der Waals surface area contributed by atoms with E-state index in [0.29, 0.717) is 47.1 Å².